The Balaban J connectivity index is 1.52. The van der Waals surface area contributed by atoms with E-state index in [9.17, 15) is 14.4 Å². The molecule has 3 heterocycles. The van der Waals surface area contributed by atoms with E-state index in [1.54, 1.807) is 0 Å². The largest absolute Gasteiger partial charge is 0.407 e. The summed E-state index contributed by atoms with van der Waals surface area (Å²) in [6.07, 6.45) is 0.563. The molecule has 2 aliphatic heterocycles. The highest BCUT2D eigenvalue weighted by molar-refractivity contribution is 6.06. The second kappa shape index (κ2) is 6.80. The second-order valence-electron chi connectivity index (χ2n) is 6.41. The van der Waals surface area contributed by atoms with Crippen molar-refractivity contribution in [3.05, 3.63) is 40.8 Å². The maximum atomic E-state index is 13.0. The fourth-order valence-electron chi connectivity index (χ4n) is 3.42. The molecule has 1 fully saturated rings. The number of imide groups is 1. The van der Waals surface area contributed by atoms with Crippen molar-refractivity contribution >= 4 is 23.7 Å². The zero-order valence-electron chi connectivity index (χ0n) is 14.4. The van der Waals surface area contributed by atoms with E-state index in [0.29, 0.717) is 31.0 Å². The van der Waals surface area contributed by atoms with Gasteiger partial charge in [0.1, 0.15) is 6.04 Å². The number of nitrogens with two attached hydrogens (primary N) is 1. The summed E-state index contributed by atoms with van der Waals surface area (Å²) in [7, 11) is 0. The van der Waals surface area contributed by atoms with E-state index in [0.717, 1.165) is 11.1 Å². The van der Waals surface area contributed by atoms with Crippen molar-refractivity contribution in [2.45, 2.75) is 38.5 Å². The van der Waals surface area contributed by atoms with E-state index >= 15 is 0 Å². The Hall–Kier alpha value is -3.27. The Kier molecular flexibility index (Phi) is 4.32. The molecular weight excluding hydrogens is 352 g/mol. The van der Waals surface area contributed by atoms with Crippen LogP contribution in [0.3, 0.4) is 0 Å². The van der Waals surface area contributed by atoms with E-state index in [-0.39, 0.29) is 30.8 Å². The van der Waals surface area contributed by atoms with Gasteiger partial charge in [0, 0.05) is 25.1 Å². The Morgan fingerprint density at radius 1 is 1.30 bits per heavy atom. The molecule has 0 radical (unpaired) electrons. The van der Waals surface area contributed by atoms with Gasteiger partial charge in [-0.3, -0.25) is 19.7 Å². The van der Waals surface area contributed by atoms with E-state index in [1.165, 1.54) is 4.90 Å². The van der Waals surface area contributed by atoms with Crippen LogP contribution in [0.1, 0.15) is 40.2 Å². The molecular formula is C17H18N6O4. The first kappa shape index (κ1) is 17.2. The van der Waals surface area contributed by atoms with E-state index < -0.39 is 11.9 Å². The number of hydrogen-bond donors (Lipinski definition) is 3. The van der Waals surface area contributed by atoms with Gasteiger partial charge in [0.15, 0.2) is 0 Å². The summed E-state index contributed by atoms with van der Waals surface area (Å²) < 4.78 is 5.30. The molecule has 0 saturated carbocycles. The lowest BCUT2D eigenvalue weighted by atomic mass is 10.0. The molecule has 2 aliphatic rings. The van der Waals surface area contributed by atoms with Crippen molar-refractivity contribution in [3.63, 3.8) is 0 Å². The van der Waals surface area contributed by atoms with Crippen LogP contribution in [-0.2, 0) is 29.2 Å². The summed E-state index contributed by atoms with van der Waals surface area (Å²) in [5.41, 5.74) is 7.61. The molecule has 27 heavy (non-hydrogen) atoms. The molecule has 140 valence electrons. The first-order valence-corrected chi connectivity index (χ1v) is 8.58. The van der Waals surface area contributed by atoms with E-state index in [4.69, 9.17) is 10.2 Å². The van der Waals surface area contributed by atoms with Crippen LogP contribution in [0.15, 0.2) is 22.6 Å². The number of hydrogen-bond acceptors (Lipinski definition) is 8. The van der Waals surface area contributed by atoms with Gasteiger partial charge in [-0.05, 0) is 17.5 Å². The topological polar surface area (TPSA) is 143 Å². The number of aromatic nitrogens is 2. The summed E-state index contributed by atoms with van der Waals surface area (Å²) in [6.45, 7) is 0.797. The number of fused-ring (bicyclic) bond motifs is 1. The second-order valence-corrected chi connectivity index (χ2v) is 6.41. The number of amides is 3. The van der Waals surface area contributed by atoms with Crippen LogP contribution in [0.4, 0.5) is 6.01 Å². The third-order valence-corrected chi connectivity index (χ3v) is 4.71. The average molecular weight is 370 g/mol. The van der Waals surface area contributed by atoms with Gasteiger partial charge in [-0.2, -0.15) is 0 Å². The summed E-state index contributed by atoms with van der Waals surface area (Å²) in [5, 5.41) is 12.9. The molecule has 4 N–H and O–H groups in total. The van der Waals surface area contributed by atoms with Crippen LogP contribution < -0.4 is 16.4 Å². The third kappa shape index (κ3) is 3.14. The fourth-order valence-corrected chi connectivity index (χ4v) is 3.42. The number of carbonyl (C=O) groups excluding carboxylic acids is 3. The summed E-state index contributed by atoms with van der Waals surface area (Å²) in [4.78, 5) is 38.0. The minimum atomic E-state index is -0.633. The number of nitrogens with one attached hydrogen (secondary N) is 2. The van der Waals surface area contributed by atoms with Crippen molar-refractivity contribution in [1.82, 2.24) is 20.4 Å². The van der Waals surface area contributed by atoms with Crippen molar-refractivity contribution in [1.29, 1.82) is 0 Å². The third-order valence-electron chi connectivity index (χ3n) is 4.71. The van der Waals surface area contributed by atoms with E-state index in [2.05, 4.69) is 20.8 Å². The van der Waals surface area contributed by atoms with Gasteiger partial charge >= 0.3 is 6.01 Å². The Bertz CT molecular complexity index is 924. The molecule has 1 aromatic heterocycles. The highest BCUT2D eigenvalue weighted by atomic mass is 16.4. The number of rotatable bonds is 5. The van der Waals surface area contributed by atoms with Crippen LogP contribution in [-0.4, -0.2) is 38.9 Å². The van der Waals surface area contributed by atoms with Crippen molar-refractivity contribution in [3.8, 4) is 0 Å². The molecule has 10 heteroatoms. The Morgan fingerprint density at radius 3 is 2.89 bits per heavy atom. The van der Waals surface area contributed by atoms with E-state index in [1.807, 2.05) is 18.2 Å². The van der Waals surface area contributed by atoms with Gasteiger partial charge in [0.25, 0.3) is 5.91 Å². The van der Waals surface area contributed by atoms with Crippen LogP contribution in [0.2, 0.25) is 0 Å². The quantitative estimate of drug-likeness (QED) is 0.619. The first-order valence-electron chi connectivity index (χ1n) is 8.58. The molecule has 0 bridgehead atoms. The predicted molar refractivity (Wildman–Crippen MR) is 92.0 cm³/mol. The minimum Gasteiger partial charge on any atom is -0.407 e. The van der Waals surface area contributed by atoms with Gasteiger partial charge in [0.2, 0.25) is 17.7 Å². The molecule has 0 spiro atoms. The fraction of sp³-hybridized carbons (Fsp3) is 0.353. The molecule has 1 aromatic carbocycles. The standard InChI is InChI=1S/C17H18N6O4/c18-6-13-21-22-17(27-13)19-7-9-2-1-3-10-8-23(16(26)14(9)10)11-4-5-12(24)20-15(11)25/h1-3,11H,4-8,18H2,(H,19,22)(H,20,24,25). The molecule has 2 aromatic rings. The number of anilines is 1. The maximum Gasteiger partial charge on any atom is 0.315 e. The number of benzene rings is 1. The number of nitrogens with zero attached hydrogens (tertiary/aromatic N) is 3. The van der Waals surface area contributed by atoms with Gasteiger partial charge < -0.3 is 20.4 Å². The molecule has 1 atom stereocenters. The highest BCUT2D eigenvalue weighted by Gasteiger charge is 2.39. The molecule has 1 unspecified atom stereocenters. The van der Waals surface area contributed by atoms with Crippen molar-refractivity contribution in [2.24, 2.45) is 5.73 Å². The SMILES string of the molecule is NCc1nnc(NCc2cccc3c2C(=O)N(C2CCC(=O)NC2=O)C3)o1. The van der Waals surface area contributed by atoms with Gasteiger partial charge in [0.05, 0.1) is 6.54 Å². The molecule has 3 amide bonds. The van der Waals surface area contributed by atoms with Gasteiger partial charge in [-0.1, -0.05) is 23.3 Å². The molecule has 1 saturated heterocycles. The zero-order valence-corrected chi connectivity index (χ0v) is 14.4. The predicted octanol–water partition coefficient (Wildman–Crippen LogP) is -0.0986. The Labute approximate surface area is 154 Å². The lowest BCUT2D eigenvalue weighted by Gasteiger charge is -2.29. The molecule has 10 nitrogen and oxygen atoms in total. The zero-order chi connectivity index (χ0) is 19.0. The van der Waals surface area contributed by atoms with Crippen LogP contribution in [0.25, 0.3) is 0 Å². The molecule has 0 aliphatic carbocycles. The minimum absolute atomic E-state index is 0.148. The maximum absolute atomic E-state index is 13.0. The van der Waals surface area contributed by atoms with Crippen LogP contribution >= 0.6 is 0 Å². The molecule has 4 rings (SSSR count). The lowest BCUT2D eigenvalue weighted by molar-refractivity contribution is -0.136. The van der Waals surface area contributed by atoms with Crippen LogP contribution in [0, 0.1) is 0 Å². The monoisotopic (exact) mass is 370 g/mol. The van der Waals surface area contributed by atoms with Crippen molar-refractivity contribution < 1.29 is 18.8 Å². The average Bonchev–Trinajstić information content (AvgIpc) is 3.25. The number of piperidine rings is 1. The van der Waals surface area contributed by atoms with Crippen LogP contribution in [0.5, 0.6) is 0 Å². The highest BCUT2D eigenvalue weighted by Crippen LogP contribution is 2.30. The number of carbonyl (C=O) groups is 3. The van der Waals surface area contributed by atoms with Gasteiger partial charge in [-0.25, -0.2) is 0 Å². The summed E-state index contributed by atoms with van der Waals surface area (Å²) >= 11 is 0. The lowest BCUT2D eigenvalue weighted by Crippen LogP contribution is -2.52. The summed E-state index contributed by atoms with van der Waals surface area (Å²) in [5.74, 6) is -0.630. The summed E-state index contributed by atoms with van der Waals surface area (Å²) in [6, 6.07) is 5.14. The smallest absolute Gasteiger partial charge is 0.315 e. The first-order chi connectivity index (χ1) is 13.1. The Morgan fingerprint density at radius 2 is 2.15 bits per heavy atom. The van der Waals surface area contributed by atoms with Gasteiger partial charge in [-0.15, -0.1) is 5.10 Å². The normalized spacial score (nSPS) is 19.2. The van der Waals surface area contributed by atoms with Crippen molar-refractivity contribution in [2.75, 3.05) is 5.32 Å².